The van der Waals surface area contributed by atoms with E-state index in [-0.39, 0.29) is 5.56 Å². The van der Waals surface area contributed by atoms with Crippen LogP contribution in [0.1, 0.15) is 35.1 Å². The summed E-state index contributed by atoms with van der Waals surface area (Å²) >= 11 is 1.49. The normalized spacial score (nSPS) is 19.7. The van der Waals surface area contributed by atoms with E-state index in [1.54, 1.807) is 0 Å². The van der Waals surface area contributed by atoms with Gasteiger partial charge in [-0.3, -0.25) is 9.69 Å². The van der Waals surface area contributed by atoms with E-state index in [2.05, 4.69) is 27.1 Å². The highest BCUT2D eigenvalue weighted by Crippen LogP contribution is 2.38. The third-order valence-corrected chi connectivity index (χ3v) is 5.96. The maximum atomic E-state index is 12.1. The van der Waals surface area contributed by atoms with Crippen LogP contribution in [0, 0.1) is 6.92 Å². The summed E-state index contributed by atoms with van der Waals surface area (Å²) in [6.07, 6.45) is 2.24. The van der Waals surface area contributed by atoms with Crippen molar-refractivity contribution < 1.29 is 9.47 Å². The highest BCUT2D eigenvalue weighted by atomic mass is 32.1. The Kier molecular flexibility index (Phi) is 4.09. The fraction of sp³-hybridized carbons (Fsp3) is 0.421. The van der Waals surface area contributed by atoms with Gasteiger partial charge < -0.3 is 9.47 Å². The molecule has 2 aliphatic heterocycles. The maximum absolute atomic E-state index is 12.1. The van der Waals surface area contributed by atoms with Crippen molar-refractivity contribution in [3.05, 3.63) is 50.9 Å². The molecular weight excluding hydrogens is 364 g/mol. The molecule has 0 saturated carbocycles. The first-order valence-electron chi connectivity index (χ1n) is 9.17. The van der Waals surface area contributed by atoms with E-state index in [1.807, 2.05) is 13.0 Å². The molecule has 140 valence electrons. The molecule has 8 heteroatoms. The Balaban J connectivity index is 1.42. The second-order valence-corrected chi connectivity index (χ2v) is 8.00. The second kappa shape index (κ2) is 6.61. The number of aromatic nitrogens is 3. The van der Waals surface area contributed by atoms with E-state index >= 15 is 0 Å². The van der Waals surface area contributed by atoms with E-state index in [0.717, 1.165) is 41.6 Å². The van der Waals surface area contributed by atoms with Crippen LogP contribution in [0.5, 0.6) is 11.5 Å². The summed E-state index contributed by atoms with van der Waals surface area (Å²) in [5.74, 6) is 1.65. The van der Waals surface area contributed by atoms with Crippen LogP contribution in [0.4, 0.5) is 0 Å². The smallest absolute Gasteiger partial charge is 0.275 e. The van der Waals surface area contributed by atoms with E-state index in [0.29, 0.717) is 30.8 Å². The standard InChI is InChI=1S/C19H20N4O3S/c1-12-9-18(24)23-19(20-12)27-17(21-23)11-22-6-2-3-14(22)13-4-5-15-16(10-13)26-8-7-25-15/h4-5,9-10,14H,2-3,6-8,11H2,1H3/t14-/m0/s1. The predicted octanol–water partition coefficient (Wildman–Crippen LogP) is 2.57. The first-order chi connectivity index (χ1) is 13.2. The Labute approximate surface area is 160 Å². The minimum absolute atomic E-state index is 0.121. The molecule has 1 saturated heterocycles. The highest BCUT2D eigenvalue weighted by molar-refractivity contribution is 7.16. The monoisotopic (exact) mass is 384 g/mol. The zero-order valence-electron chi connectivity index (χ0n) is 15.1. The summed E-state index contributed by atoms with van der Waals surface area (Å²) in [7, 11) is 0. The van der Waals surface area contributed by atoms with Crippen molar-refractivity contribution in [2.24, 2.45) is 0 Å². The average Bonchev–Trinajstić information content (AvgIpc) is 3.28. The Morgan fingerprint density at radius 1 is 1.22 bits per heavy atom. The molecule has 3 aromatic rings. The number of hydrogen-bond donors (Lipinski definition) is 0. The van der Waals surface area contributed by atoms with E-state index in [4.69, 9.17) is 9.47 Å². The first-order valence-corrected chi connectivity index (χ1v) is 9.99. The van der Waals surface area contributed by atoms with Crippen LogP contribution < -0.4 is 15.0 Å². The average molecular weight is 384 g/mol. The van der Waals surface area contributed by atoms with E-state index in [1.165, 1.54) is 27.5 Å². The second-order valence-electron chi connectivity index (χ2n) is 6.96. The fourth-order valence-corrected chi connectivity index (χ4v) is 4.83. The lowest BCUT2D eigenvalue weighted by molar-refractivity contribution is 0.170. The van der Waals surface area contributed by atoms with Crippen LogP contribution in [-0.2, 0) is 6.54 Å². The van der Waals surface area contributed by atoms with Crippen molar-refractivity contribution >= 4 is 16.3 Å². The molecular formula is C19H20N4O3S. The predicted molar refractivity (Wildman–Crippen MR) is 102 cm³/mol. The molecule has 0 radical (unpaired) electrons. The maximum Gasteiger partial charge on any atom is 0.275 e. The topological polar surface area (TPSA) is 69.0 Å². The number of aryl methyl sites for hydroxylation is 1. The third-order valence-electron chi connectivity index (χ3n) is 5.07. The van der Waals surface area contributed by atoms with Gasteiger partial charge in [0.05, 0.1) is 6.54 Å². The minimum Gasteiger partial charge on any atom is -0.486 e. The van der Waals surface area contributed by atoms with Crippen LogP contribution in [0.2, 0.25) is 0 Å². The van der Waals surface area contributed by atoms with Gasteiger partial charge in [-0.1, -0.05) is 17.4 Å². The number of hydrogen-bond acceptors (Lipinski definition) is 7. The van der Waals surface area contributed by atoms with Crippen LogP contribution in [0.25, 0.3) is 4.96 Å². The SMILES string of the molecule is Cc1cc(=O)n2nc(CN3CCC[C@H]3c3ccc4c(c3)OCCO4)sc2n1. The molecule has 0 unspecified atom stereocenters. The molecule has 4 heterocycles. The van der Waals surface area contributed by atoms with Gasteiger partial charge in [0.25, 0.3) is 5.56 Å². The number of benzene rings is 1. The van der Waals surface area contributed by atoms with Crippen molar-refractivity contribution in [2.75, 3.05) is 19.8 Å². The molecule has 1 fully saturated rings. The number of fused-ring (bicyclic) bond motifs is 2. The number of nitrogens with zero attached hydrogens (tertiary/aromatic N) is 4. The van der Waals surface area contributed by atoms with Crippen molar-refractivity contribution in [3.8, 4) is 11.5 Å². The van der Waals surface area contributed by atoms with Crippen molar-refractivity contribution in [1.82, 2.24) is 19.5 Å². The zero-order chi connectivity index (χ0) is 18.4. The molecule has 0 aliphatic carbocycles. The summed E-state index contributed by atoms with van der Waals surface area (Å²) in [6, 6.07) is 8.07. The summed E-state index contributed by atoms with van der Waals surface area (Å²) in [4.78, 5) is 19.6. The van der Waals surface area contributed by atoms with Crippen LogP contribution in [-0.4, -0.2) is 39.3 Å². The summed E-state index contributed by atoms with van der Waals surface area (Å²) < 4.78 is 12.8. The minimum atomic E-state index is -0.121. The van der Waals surface area contributed by atoms with Gasteiger partial charge in [0, 0.05) is 17.8 Å². The van der Waals surface area contributed by atoms with Crippen LogP contribution >= 0.6 is 11.3 Å². The van der Waals surface area contributed by atoms with Crippen molar-refractivity contribution in [2.45, 2.75) is 32.4 Å². The largest absolute Gasteiger partial charge is 0.486 e. The summed E-state index contributed by atoms with van der Waals surface area (Å²) in [6.45, 7) is 4.76. The van der Waals surface area contributed by atoms with Gasteiger partial charge in [0.2, 0.25) is 4.96 Å². The Hall–Kier alpha value is -2.45. The molecule has 0 spiro atoms. The zero-order valence-corrected chi connectivity index (χ0v) is 15.9. The molecule has 0 N–H and O–H groups in total. The molecule has 0 bridgehead atoms. The molecule has 1 aromatic carbocycles. The third kappa shape index (κ3) is 3.08. The van der Waals surface area contributed by atoms with E-state index < -0.39 is 0 Å². The molecule has 27 heavy (non-hydrogen) atoms. The van der Waals surface area contributed by atoms with Crippen molar-refractivity contribution in [1.29, 1.82) is 0 Å². The number of likely N-dealkylation sites (tertiary alicyclic amines) is 1. The molecule has 1 atom stereocenters. The van der Waals surface area contributed by atoms with Crippen molar-refractivity contribution in [3.63, 3.8) is 0 Å². The Bertz CT molecular complexity index is 1060. The number of ether oxygens (including phenoxy) is 2. The lowest BCUT2D eigenvalue weighted by atomic mass is 10.0. The van der Waals surface area contributed by atoms with Gasteiger partial charge in [0.1, 0.15) is 18.2 Å². The van der Waals surface area contributed by atoms with Crippen LogP contribution in [0.3, 0.4) is 0 Å². The Morgan fingerprint density at radius 3 is 2.96 bits per heavy atom. The van der Waals surface area contributed by atoms with Gasteiger partial charge >= 0.3 is 0 Å². The van der Waals surface area contributed by atoms with Gasteiger partial charge in [-0.2, -0.15) is 9.61 Å². The highest BCUT2D eigenvalue weighted by Gasteiger charge is 2.28. The van der Waals surface area contributed by atoms with Crippen LogP contribution in [0.15, 0.2) is 29.1 Å². The van der Waals surface area contributed by atoms with E-state index in [9.17, 15) is 4.79 Å². The quantitative estimate of drug-likeness (QED) is 0.691. The lowest BCUT2D eigenvalue weighted by Crippen LogP contribution is -2.23. The molecule has 5 rings (SSSR count). The van der Waals surface area contributed by atoms with Gasteiger partial charge in [-0.15, -0.1) is 0 Å². The Morgan fingerprint density at radius 2 is 2.07 bits per heavy atom. The lowest BCUT2D eigenvalue weighted by Gasteiger charge is -2.25. The summed E-state index contributed by atoms with van der Waals surface area (Å²) in [5.41, 5.74) is 1.85. The fourth-order valence-electron chi connectivity index (χ4n) is 3.86. The summed E-state index contributed by atoms with van der Waals surface area (Å²) in [5, 5.41) is 5.40. The van der Waals surface area contributed by atoms with Gasteiger partial charge in [-0.05, 0) is 44.0 Å². The molecule has 0 amide bonds. The number of rotatable bonds is 3. The van der Waals surface area contributed by atoms with Gasteiger partial charge in [-0.25, -0.2) is 4.98 Å². The molecule has 2 aromatic heterocycles. The van der Waals surface area contributed by atoms with Gasteiger partial charge in [0.15, 0.2) is 11.5 Å². The first kappa shape index (κ1) is 16.7. The molecule has 7 nitrogen and oxygen atoms in total. The molecule has 2 aliphatic rings.